The summed E-state index contributed by atoms with van der Waals surface area (Å²) in [5, 5.41) is 14.3. The summed E-state index contributed by atoms with van der Waals surface area (Å²) in [5.74, 6) is -0.726. The van der Waals surface area contributed by atoms with Crippen molar-refractivity contribution in [2.24, 2.45) is 0 Å². The number of aromatic nitrogens is 1. The Hall–Kier alpha value is -3.21. The molecule has 10 heteroatoms. The van der Waals surface area contributed by atoms with E-state index in [0.29, 0.717) is 25.1 Å². The molecule has 3 rings (SSSR count). The Morgan fingerprint density at radius 2 is 1.94 bits per heavy atom. The van der Waals surface area contributed by atoms with Gasteiger partial charge in [0.15, 0.2) is 6.61 Å². The molecule has 3 N–H and O–H groups in total. The van der Waals surface area contributed by atoms with E-state index in [-0.39, 0.29) is 41.0 Å². The molecule has 0 aliphatic carbocycles. The molecule has 0 saturated carbocycles. The second-order valence-electron chi connectivity index (χ2n) is 7.24. The van der Waals surface area contributed by atoms with Crippen LogP contribution in [0.25, 0.3) is 11.3 Å². The number of nitrogens with zero attached hydrogens (tertiary/aromatic N) is 1. The van der Waals surface area contributed by atoms with Gasteiger partial charge in [0.1, 0.15) is 11.6 Å². The van der Waals surface area contributed by atoms with Gasteiger partial charge in [-0.2, -0.15) is 0 Å². The molecule has 0 unspecified atom stereocenters. The number of aliphatic hydroxyl groups excluding tert-OH is 1. The molecule has 1 heterocycles. The van der Waals surface area contributed by atoms with Crippen LogP contribution in [0, 0.1) is 5.82 Å². The van der Waals surface area contributed by atoms with Crippen molar-refractivity contribution in [1.29, 1.82) is 0 Å². The van der Waals surface area contributed by atoms with E-state index in [1.807, 2.05) is 0 Å². The van der Waals surface area contributed by atoms with Gasteiger partial charge in [0.05, 0.1) is 10.6 Å². The summed E-state index contributed by atoms with van der Waals surface area (Å²) in [6.45, 7) is 0.379. The maximum Gasteiger partial charge on any atom is 0.268 e. The summed E-state index contributed by atoms with van der Waals surface area (Å²) in [6.07, 6.45) is 1.88. The van der Waals surface area contributed by atoms with Crippen molar-refractivity contribution in [2.75, 3.05) is 26.8 Å². The van der Waals surface area contributed by atoms with E-state index >= 15 is 0 Å². The molecule has 2 aromatic carbocycles. The van der Waals surface area contributed by atoms with E-state index in [1.54, 1.807) is 25.2 Å². The van der Waals surface area contributed by atoms with Crippen LogP contribution in [0.4, 0.5) is 4.39 Å². The number of carbonyl (C=O) groups is 1. The average Bonchev–Trinajstić information content (AvgIpc) is 3.23. The fourth-order valence-corrected chi connectivity index (χ4v) is 4.63. The molecule has 0 aliphatic heterocycles. The minimum atomic E-state index is -4.10. The zero-order valence-electron chi connectivity index (χ0n) is 18.1. The number of amides is 1. The minimum Gasteiger partial charge on any atom is -0.484 e. The van der Waals surface area contributed by atoms with E-state index in [9.17, 15) is 17.6 Å². The highest BCUT2D eigenvalue weighted by molar-refractivity contribution is 7.90. The zero-order chi connectivity index (χ0) is 23.8. The number of nitrogens with one attached hydrogen (secondary N) is 2. The van der Waals surface area contributed by atoms with Crippen LogP contribution in [0.2, 0.25) is 0 Å². The maximum atomic E-state index is 14.5. The van der Waals surface area contributed by atoms with Gasteiger partial charge in [0.2, 0.25) is 0 Å². The number of halogens is 1. The molecular formula is C23H26FN3O5S. The van der Waals surface area contributed by atoms with E-state index < -0.39 is 15.8 Å². The minimum absolute atomic E-state index is 0.0364. The van der Waals surface area contributed by atoms with Gasteiger partial charge in [-0.3, -0.25) is 4.79 Å². The number of hydrogen-bond acceptors (Lipinski definition) is 6. The van der Waals surface area contributed by atoms with E-state index in [2.05, 4.69) is 10.6 Å². The molecule has 0 spiro atoms. The fourth-order valence-electron chi connectivity index (χ4n) is 3.21. The third kappa shape index (κ3) is 5.98. The van der Waals surface area contributed by atoms with Crippen LogP contribution in [-0.2, 0) is 21.4 Å². The Morgan fingerprint density at radius 3 is 2.67 bits per heavy atom. The Morgan fingerprint density at radius 1 is 1.15 bits per heavy atom. The second kappa shape index (κ2) is 11.1. The molecule has 176 valence electrons. The molecule has 0 bridgehead atoms. The molecule has 0 atom stereocenters. The topological polar surface area (TPSA) is 110 Å². The number of ether oxygens (including phenoxy) is 1. The molecule has 0 radical (unpaired) electrons. The molecule has 1 amide bonds. The molecule has 3 aromatic rings. The van der Waals surface area contributed by atoms with Crippen molar-refractivity contribution >= 4 is 15.9 Å². The van der Waals surface area contributed by atoms with Gasteiger partial charge in [-0.15, -0.1) is 0 Å². The Labute approximate surface area is 192 Å². The number of benzene rings is 2. The van der Waals surface area contributed by atoms with Crippen molar-refractivity contribution in [3.05, 3.63) is 72.2 Å². The largest absolute Gasteiger partial charge is 0.484 e. The van der Waals surface area contributed by atoms with Crippen LogP contribution < -0.4 is 15.4 Å². The van der Waals surface area contributed by atoms with Crippen molar-refractivity contribution in [1.82, 2.24) is 14.6 Å². The first kappa shape index (κ1) is 24.4. The van der Waals surface area contributed by atoms with E-state index in [1.165, 1.54) is 42.6 Å². The van der Waals surface area contributed by atoms with Crippen molar-refractivity contribution < 1.29 is 27.4 Å². The molecule has 33 heavy (non-hydrogen) atoms. The molecule has 8 nitrogen and oxygen atoms in total. The number of aliphatic hydroxyl groups is 1. The SMILES string of the molecule is CNCc1cc(-c2ccccc2F)n(S(=O)(=O)c2cccc(OCC(=O)NCCCO)c2)c1. The zero-order valence-corrected chi connectivity index (χ0v) is 18.9. The Balaban J connectivity index is 1.91. The fraction of sp³-hybridized carbons (Fsp3) is 0.261. The molecular weight excluding hydrogens is 449 g/mol. The highest BCUT2D eigenvalue weighted by atomic mass is 32.2. The highest BCUT2D eigenvalue weighted by Gasteiger charge is 2.23. The predicted octanol–water partition coefficient (Wildman–Crippen LogP) is 2.13. The van der Waals surface area contributed by atoms with Crippen LogP contribution in [0.1, 0.15) is 12.0 Å². The average molecular weight is 476 g/mol. The maximum absolute atomic E-state index is 14.5. The van der Waals surface area contributed by atoms with E-state index in [4.69, 9.17) is 9.84 Å². The number of hydrogen-bond donors (Lipinski definition) is 3. The Bertz CT molecular complexity index is 1210. The monoisotopic (exact) mass is 475 g/mol. The third-order valence-electron chi connectivity index (χ3n) is 4.76. The van der Waals surface area contributed by atoms with Gasteiger partial charge in [-0.05, 0) is 49.4 Å². The normalized spacial score (nSPS) is 11.4. The lowest BCUT2D eigenvalue weighted by atomic mass is 10.1. The first-order chi connectivity index (χ1) is 15.9. The summed E-state index contributed by atoms with van der Waals surface area (Å²) >= 11 is 0. The van der Waals surface area contributed by atoms with Crippen LogP contribution in [-0.4, -0.2) is 50.2 Å². The quantitative estimate of drug-likeness (QED) is 0.367. The van der Waals surface area contributed by atoms with Gasteiger partial charge in [0.25, 0.3) is 15.9 Å². The first-order valence-corrected chi connectivity index (χ1v) is 11.8. The lowest BCUT2D eigenvalue weighted by Gasteiger charge is -2.13. The van der Waals surface area contributed by atoms with Gasteiger partial charge < -0.3 is 20.5 Å². The lowest BCUT2D eigenvalue weighted by Crippen LogP contribution is -2.30. The van der Waals surface area contributed by atoms with Gasteiger partial charge in [-0.1, -0.05) is 18.2 Å². The number of carbonyl (C=O) groups excluding carboxylic acids is 1. The van der Waals surface area contributed by atoms with Crippen LogP contribution in [0.3, 0.4) is 0 Å². The first-order valence-electron chi connectivity index (χ1n) is 10.3. The van der Waals surface area contributed by atoms with Crippen molar-refractivity contribution in [2.45, 2.75) is 17.9 Å². The number of rotatable bonds is 11. The molecule has 1 aromatic heterocycles. The van der Waals surface area contributed by atoms with Gasteiger partial charge >= 0.3 is 0 Å². The van der Waals surface area contributed by atoms with E-state index in [0.717, 1.165) is 3.97 Å². The van der Waals surface area contributed by atoms with Gasteiger partial charge in [0, 0.05) is 37.5 Å². The molecule has 0 saturated heterocycles. The standard InChI is InChI=1S/C23H26FN3O5S/c1-25-14-17-12-22(20-8-2-3-9-21(20)24)27(15-17)33(30,31)19-7-4-6-18(13-19)32-16-23(29)26-10-5-11-28/h2-4,6-9,12-13,15,25,28H,5,10-11,14,16H2,1H3,(H,26,29). The van der Waals surface area contributed by atoms with Crippen molar-refractivity contribution in [3.63, 3.8) is 0 Å². The highest BCUT2D eigenvalue weighted by Crippen LogP contribution is 2.30. The lowest BCUT2D eigenvalue weighted by molar-refractivity contribution is -0.123. The smallest absolute Gasteiger partial charge is 0.268 e. The third-order valence-corrected chi connectivity index (χ3v) is 6.43. The summed E-state index contributed by atoms with van der Waals surface area (Å²) in [5.41, 5.74) is 1.04. The van der Waals surface area contributed by atoms with Crippen LogP contribution in [0.5, 0.6) is 5.75 Å². The Kier molecular flexibility index (Phi) is 8.21. The van der Waals surface area contributed by atoms with Crippen molar-refractivity contribution in [3.8, 4) is 17.0 Å². The summed E-state index contributed by atoms with van der Waals surface area (Å²) in [4.78, 5) is 11.7. The predicted molar refractivity (Wildman–Crippen MR) is 122 cm³/mol. The summed E-state index contributed by atoms with van der Waals surface area (Å²) in [6, 6.07) is 13.4. The van der Waals surface area contributed by atoms with Crippen LogP contribution in [0.15, 0.2) is 65.7 Å². The summed E-state index contributed by atoms with van der Waals surface area (Å²) < 4.78 is 47.9. The molecule has 0 aliphatic rings. The molecule has 0 fully saturated rings. The second-order valence-corrected chi connectivity index (χ2v) is 9.05. The summed E-state index contributed by atoms with van der Waals surface area (Å²) in [7, 11) is -2.37. The van der Waals surface area contributed by atoms with Gasteiger partial charge in [-0.25, -0.2) is 16.8 Å². The van der Waals surface area contributed by atoms with Crippen LogP contribution >= 0.6 is 0 Å².